The Hall–Kier alpha value is -0.930. The van der Waals surface area contributed by atoms with Gasteiger partial charge in [-0.15, -0.1) is 23.5 Å². The van der Waals surface area contributed by atoms with Crippen LogP contribution in [-0.2, 0) is 25.5 Å². The SMILES string of the molecule is CSC1OC([C@H](NC(=O)[C@H]2NC[C@@H]3C[C@H](CC(C)C)CCO[C@H]32)[C@H](C)Sc2ccc(CN3CCOCC3)cc2)C(O)C(O)C1O. The van der Waals surface area contributed by atoms with Gasteiger partial charge in [0.05, 0.1) is 25.4 Å². The van der Waals surface area contributed by atoms with Gasteiger partial charge in [-0.3, -0.25) is 9.69 Å². The van der Waals surface area contributed by atoms with Gasteiger partial charge in [-0.05, 0) is 61.0 Å². The van der Waals surface area contributed by atoms with Crippen LogP contribution in [0.15, 0.2) is 29.2 Å². The molecule has 1 aromatic rings. The molecule has 0 bridgehead atoms. The van der Waals surface area contributed by atoms with Crippen molar-refractivity contribution in [2.75, 3.05) is 45.7 Å². The lowest BCUT2D eigenvalue weighted by Gasteiger charge is -2.44. The second-order valence-corrected chi connectivity index (χ2v) is 16.0. The molecule has 11 atom stereocenters. The van der Waals surface area contributed by atoms with Crippen molar-refractivity contribution in [2.24, 2.45) is 17.8 Å². The van der Waals surface area contributed by atoms with Crippen molar-refractivity contribution in [3.8, 4) is 0 Å². The molecule has 4 aliphatic rings. The average Bonchev–Trinajstić information content (AvgIpc) is 3.31. The molecule has 45 heavy (non-hydrogen) atoms. The molecule has 1 aromatic carbocycles. The molecule has 12 heteroatoms. The third kappa shape index (κ3) is 8.95. The van der Waals surface area contributed by atoms with E-state index in [1.54, 1.807) is 18.0 Å². The fourth-order valence-corrected chi connectivity index (χ4v) is 9.11. The van der Waals surface area contributed by atoms with E-state index in [-0.39, 0.29) is 23.2 Å². The fourth-order valence-electron chi connectivity index (χ4n) is 7.34. The van der Waals surface area contributed by atoms with E-state index in [4.69, 9.17) is 14.2 Å². The van der Waals surface area contributed by atoms with E-state index in [0.29, 0.717) is 18.4 Å². The van der Waals surface area contributed by atoms with E-state index < -0.39 is 41.9 Å². The van der Waals surface area contributed by atoms with Gasteiger partial charge in [0.1, 0.15) is 35.9 Å². The first kappa shape index (κ1) is 35.4. The Labute approximate surface area is 276 Å². The first-order valence-electron chi connectivity index (χ1n) is 16.6. The van der Waals surface area contributed by atoms with Gasteiger partial charge in [-0.2, -0.15) is 0 Å². The van der Waals surface area contributed by atoms with Crippen LogP contribution in [0.2, 0.25) is 0 Å². The number of benzene rings is 1. The summed E-state index contributed by atoms with van der Waals surface area (Å²) in [6, 6.07) is 7.28. The van der Waals surface area contributed by atoms with Crippen LogP contribution in [0.5, 0.6) is 0 Å². The normalized spacial score (nSPS) is 35.9. The van der Waals surface area contributed by atoms with Gasteiger partial charge in [-0.1, -0.05) is 32.9 Å². The van der Waals surface area contributed by atoms with Crippen LogP contribution < -0.4 is 10.6 Å². The molecule has 254 valence electrons. The Morgan fingerprint density at radius 3 is 2.49 bits per heavy atom. The zero-order chi connectivity index (χ0) is 32.1. The smallest absolute Gasteiger partial charge is 0.240 e. The Kier molecular flexibility index (Phi) is 12.9. The van der Waals surface area contributed by atoms with Crippen LogP contribution >= 0.6 is 23.5 Å². The maximum Gasteiger partial charge on any atom is 0.240 e. The predicted octanol–water partition coefficient (Wildman–Crippen LogP) is 2.08. The minimum Gasteiger partial charge on any atom is -0.388 e. The number of thioether (sulfide) groups is 2. The molecule has 4 aliphatic heterocycles. The second-order valence-electron chi connectivity index (χ2n) is 13.6. The number of ether oxygens (including phenoxy) is 3. The number of rotatable bonds is 11. The molecular formula is C33H53N3O7S2. The first-order chi connectivity index (χ1) is 21.6. The van der Waals surface area contributed by atoms with E-state index >= 15 is 0 Å². The molecule has 0 spiro atoms. The number of nitrogens with zero attached hydrogens (tertiary/aromatic N) is 1. The lowest BCUT2D eigenvalue weighted by Crippen LogP contribution is -2.65. The van der Waals surface area contributed by atoms with Crippen molar-refractivity contribution in [3.63, 3.8) is 0 Å². The minimum atomic E-state index is -1.39. The summed E-state index contributed by atoms with van der Waals surface area (Å²) >= 11 is 2.86. The summed E-state index contributed by atoms with van der Waals surface area (Å²) in [6.07, 6.45) is -0.129. The third-order valence-electron chi connectivity index (χ3n) is 9.72. The average molecular weight is 668 g/mol. The van der Waals surface area contributed by atoms with E-state index in [9.17, 15) is 20.1 Å². The molecule has 5 rings (SSSR count). The Balaban J connectivity index is 1.30. The van der Waals surface area contributed by atoms with Crippen molar-refractivity contribution in [3.05, 3.63) is 29.8 Å². The highest BCUT2D eigenvalue weighted by atomic mass is 32.2. The number of aliphatic hydroxyl groups excluding tert-OH is 3. The molecule has 5 N–H and O–H groups in total. The van der Waals surface area contributed by atoms with E-state index in [2.05, 4.69) is 53.6 Å². The van der Waals surface area contributed by atoms with Gasteiger partial charge >= 0.3 is 0 Å². The maximum absolute atomic E-state index is 14.0. The number of nitrogens with one attached hydrogen (secondary N) is 2. The van der Waals surface area contributed by atoms with Crippen LogP contribution in [0.1, 0.15) is 45.6 Å². The molecule has 1 amide bonds. The monoisotopic (exact) mass is 667 g/mol. The molecule has 4 fully saturated rings. The standard InChI is InChI=1S/C33H53N3O7S2/c1-19(2)15-22-9-12-42-30-23(16-22)17-34-26(30)32(40)35-25(31-28(38)27(37)29(39)33(43-31)44-4)20(3)45-24-7-5-21(6-8-24)18-36-10-13-41-14-11-36/h5-8,19-20,22-23,25-31,33-34,37-39H,9-18H2,1-4H3,(H,35,40)/t20-,22-,23-,25+,26-,27?,28?,29?,30+,31?,33?/m0/s1. The summed E-state index contributed by atoms with van der Waals surface area (Å²) in [5.41, 5.74) is 0.493. The lowest BCUT2D eigenvalue weighted by molar-refractivity contribution is -0.205. The Morgan fingerprint density at radius 2 is 1.80 bits per heavy atom. The summed E-state index contributed by atoms with van der Waals surface area (Å²) in [5, 5.41) is 38.8. The van der Waals surface area contributed by atoms with Crippen molar-refractivity contribution >= 4 is 29.4 Å². The number of amides is 1. The quantitative estimate of drug-likeness (QED) is 0.222. The molecule has 0 aromatic heterocycles. The van der Waals surface area contributed by atoms with E-state index in [1.165, 1.54) is 17.3 Å². The highest BCUT2D eigenvalue weighted by molar-refractivity contribution is 8.00. The zero-order valence-electron chi connectivity index (χ0n) is 27.0. The molecule has 4 heterocycles. The van der Waals surface area contributed by atoms with Gasteiger partial charge < -0.3 is 40.2 Å². The van der Waals surface area contributed by atoms with Crippen molar-refractivity contribution in [2.45, 2.75) is 105 Å². The highest BCUT2D eigenvalue weighted by Crippen LogP contribution is 2.36. The van der Waals surface area contributed by atoms with E-state index in [1.807, 2.05) is 6.92 Å². The zero-order valence-corrected chi connectivity index (χ0v) is 28.7. The van der Waals surface area contributed by atoms with Crippen LogP contribution in [0.4, 0.5) is 0 Å². The van der Waals surface area contributed by atoms with Gasteiger partial charge in [-0.25, -0.2) is 0 Å². The molecule has 0 radical (unpaired) electrons. The predicted molar refractivity (Wildman–Crippen MR) is 177 cm³/mol. The van der Waals surface area contributed by atoms with E-state index in [0.717, 1.165) is 63.6 Å². The second kappa shape index (κ2) is 16.5. The summed E-state index contributed by atoms with van der Waals surface area (Å²) in [7, 11) is 0. The number of carbonyl (C=O) groups is 1. The fraction of sp³-hybridized carbons (Fsp3) is 0.788. The van der Waals surface area contributed by atoms with Crippen LogP contribution in [0.3, 0.4) is 0 Å². The number of aliphatic hydroxyl groups is 3. The van der Waals surface area contributed by atoms with Gasteiger partial charge in [0.15, 0.2) is 0 Å². The summed E-state index contributed by atoms with van der Waals surface area (Å²) in [4.78, 5) is 17.4. The van der Waals surface area contributed by atoms with Crippen molar-refractivity contribution in [1.82, 2.24) is 15.5 Å². The molecule has 4 saturated heterocycles. The van der Waals surface area contributed by atoms with Gasteiger partial charge in [0, 0.05) is 42.9 Å². The summed E-state index contributed by atoms with van der Waals surface area (Å²) in [6.45, 7) is 12.1. The number of fused-ring (bicyclic) bond motifs is 1. The lowest BCUT2D eigenvalue weighted by atomic mass is 9.85. The number of carbonyl (C=O) groups excluding carboxylic acids is 1. The summed E-state index contributed by atoms with van der Waals surface area (Å²) in [5.74, 6) is 1.29. The number of hydrogen-bond acceptors (Lipinski definition) is 11. The minimum absolute atomic E-state index is 0.194. The first-order valence-corrected chi connectivity index (χ1v) is 18.7. The maximum atomic E-state index is 14.0. The van der Waals surface area contributed by atoms with Gasteiger partial charge in [0.25, 0.3) is 0 Å². The van der Waals surface area contributed by atoms with Crippen molar-refractivity contribution in [1.29, 1.82) is 0 Å². The molecule has 10 nitrogen and oxygen atoms in total. The van der Waals surface area contributed by atoms with Crippen LogP contribution in [-0.4, -0.2) is 125 Å². The molecule has 0 aliphatic carbocycles. The van der Waals surface area contributed by atoms with Gasteiger partial charge in [0.2, 0.25) is 5.91 Å². The molecule has 0 saturated carbocycles. The van der Waals surface area contributed by atoms with Crippen molar-refractivity contribution < 1.29 is 34.3 Å². The number of hydrogen-bond donors (Lipinski definition) is 5. The third-order valence-corrected chi connectivity index (χ3v) is 11.8. The largest absolute Gasteiger partial charge is 0.388 e. The van der Waals surface area contributed by atoms with Crippen LogP contribution in [0, 0.1) is 17.8 Å². The Bertz CT molecular complexity index is 1080. The van der Waals surface area contributed by atoms with Crippen LogP contribution in [0.25, 0.3) is 0 Å². The topological polar surface area (TPSA) is 133 Å². The summed E-state index contributed by atoms with van der Waals surface area (Å²) < 4.78 is 18.0. The number of morpholine rings is 1. The molecule has 5 unspecified atom stereocenters. The highest BCUT2D eigenvalue weighted by Gasteiger charge is 2.50. The molecular weight excluding hydrogens is 615 g/mol. The Morgan fingerprint density at radius 1 is 1.07 bits per heavy atom.